The molecule has 19 heavy (non-hydrogen) atoms. The lowest BCUT2D eigenvalue weighted by Crippen LogP contribution is -2.42. The van der Waals surface area contributed by atoms with E-state index in [0.717, 1.165) is 20.9 Å². The topological polar surface area (TPSA) is 29.1 Å². The van der Waals surface area contributed by atoms with E-state index in [1.165, 1.54) is 12.8 Å². The van der Waals surface area contributed by atoms with Gasteiger partial charge in [0.15, 0.2) is 0 Å². The fourth-order valence-electron chi connectivity index (χ4n) is 2.50. The summed E-state index contributed by atoms with van der Waals surface area (Å²) in [7, 11) is 0. The molecule has 104 valence electrons. The van der Waals surface area contributed by atoms with Gasteiger partial charge in [0.05, 0.1) is 5.56 Å². The molecule has 0 aromatic heterocycles. The fraction of sp³-hybridized carbons (Fsp3) is 0.500. The Hall–Kier alpha value is 0.190. The SMILES string of the molecule is O=C(NC1CCCCC1CCl)c1cc(I)ccc1Br. The first-order valence-corrected chi connectivity index (χ1v) is 8.84. The first kappa shape index (κ1) is 15.6. The molecule has 1 aliphatic rings. The first-order chi connectivity index (χ1) is 9.11. The molecule has 2 unspecified atom stereocenters. The third-order valence-electron chi connectivity index (χ3n) is 3.60. The van der Waals surface area contributed by atoms with Gasteiger partial charge in [-0.05, 0) is 75.5 Å². The van der Waals surface area contributed by atoms with Gasteiger partial charge in [0.2, 0.25) is 0 Å². The molecule has 2 atom stereocenters. The van der Waals surface area contributed by atoms with Crippen molar-refractivity contribution in [1.82, 2.24) is 5.32 Å². The van der Waals surface area contributed by atoms with Crippen LogP contribution in [0.2, 0.25) is 0 Å². The van der Waals surface area contributed by atoms with Crippen molar-refractivity contribution in [2.45, 2.75) is 31.7 Å². The highest BCUT2D eigenvalue weighted by Crippen LogP contribution is 2.26. The van der Waals surface area contributed by atoms with Gasteiger partial charge >= 0.3 is 0 Å². The van der Waals surface area contributed by atoms with E-state index >= 15 is 0 Å². The van der Waals surface area contributed by atoms with Crippen LogP contribution in [0, 0.1) is 9.49 Å². The van der Waals surface area contributed by atoms with Crippen molar-refractivity contribution in [3.63, 3.8) is 0 Å². The molecule has 1 aromatic rings. The Balaban J connectivity index is 2.09. The first-order valence-electron chi connectivity index (χ1n) is 6.43. The summed E-state index contributed by atoms with van der Waals surface area (Å²) in [6.07, 6.45) is 4.54. The highest BCUT2D eigenvalue weighted by atomic mass is 127. The molecule has 2 nitrogen and oxygen atoms in total. The standard InChI is InChI=1S/C14H16BrClINO/c15-12-6-5-10(17)7-11(12)14(19)18-13-4-2-1-3-9(13)8-16/h5-7,9,13H,1-4,8H2,(H,18,19). The number of hydrogen-bond acceptors (Lipinski definition) is 1. The van der Waals surface area contributed by atoms with E-state index in [0.29, 0.717) is 17.4 Å². The lowest BCUT2D eigenvalue weighted by Gasteiger charge is -2.31. The Morgan fingerprint density at radius 3 is 2.89 bits per heavy atom. The molecular weight excluding hydrogens is 440 g/mol. The van der Waals surface area contributed by atoms with Crippen LogP contribution in [0.4, 0.5) is 0 Å². The van der Waals surface area contributed by atoms with Crippen LogP contribution < -0.4 is 5.32 Å². The third kappa shape index (κ3) is 4.08. The minimum absolute atomic E-state index is 0.00703. The molecule has 1 amide bonds. The molecule has 0 radical (unpaired) electrons. The van der Waals surface area contributed by atoms with Crippen molar-refractivity contribution in [3.05, 3.63) is 31.8 Å². The molecule has 0 saturated heterocycles. The van der Waals surface area contributed by atoms with Gasteiger partial charge in [-0.15, -0.1) is 11.6 Å². The van der Waals surface area contributed by atoms with Gasteiger partial charge in [-0.2, -0.15) is 0 Å². The summed E-state index contributed by atoms with van der Waals surface area (Å²) in [5.41, 5.74) is 0.700. The average molecular weight is 457 g/mol. The van der Waals surface area contributed by atoms with Crippen molar-refractivity contribution >= 4 is 56.0 Å². The lowest BCUT2D eigenvalue weighted by atomic mass is 9.85. The van der Waals surface area contributed by atoms with Crippen molar-refractivity contribution in [2.24, 2.45) is 5.92 Å². The van der Waals surface area contributed by atoms with Crippen molar-refractivity contribution in [3.8, 4) is 0 Å². The molecule has 1 aliphatic carbocycles. The van der Waals surface area contributed by atoms with Gasteiger partial charge < -0.3 is 5.32 Å². The Kier molecular flexibility index (Phi) is 5.96. The molecular formula is C14H16BrClINO. The Labute approximate surface area is 140 Å². The van der Waals surface area contributed by atoms with Crippen LogP contribution in [0.5, 0.6) is 0 Å². The second-order valence-corrected chi connectivity index (χ2v) is 7.31. The minimum Gasteiger partial charge on any atom is -0.349 e. The van der Waals surface area contributed by atoms with Gasteiger partial charge in [0.1, 0.15) is 0 Å². The second kappa shape index (κ2) is 7.27. The van der Waals surface area contributed by atoms with Crippen LogP contribution in [-0.4, -0.2) is 17.8 Å². The molecule has 2 rings (SSSR count). The monoisotopic (exact) mass is 455 g/mol. The van der Waals surface area contributed by atoms with E-state index in [-0.39, 0.29) is 11.9 Å². The number of halogens is 3. The van der Waals surface area contributed by atoms with Gasteiger partial charge in [-0.1, -0.05) is 12.8 Å². The quantitative estimate of drug-likeness (QED) is 0.524. The predicted molar refractivity (Wildman–Crippen MR) is 90.8 cm³/mol. The summed E-state index contributed by atoms with van der Waals surface area (Å²) in [6.45, 7) is 0. The molecule has 1 saturated carbocycles. The molecule has 0 spiro atoms. The summed E-state index contributed by atoms with van der Waals surface area (Å²) in [5, 5.41) is 3.15. The average Bonchev–Trinajstić information content (AvgIpc) is 2.42. The number of alkyl halides is 1. The second-order valence-electron chi connectivity index (χ2n) is 4.90. The lowest BCUT2D eigenvalue weighted by molar-refractivity contribution is 0.0910. The van der Waals surface area contributed by atoms with Crippen molar-refractivity contribution < 1.29 is 4.79 Å². The van der Waals surface area contributed by atoms with Crippen molar-refractivity contribution in [2.75, 3.05) is 5.88 Å². The van der Waals surface area contributed by atoms with Gasteiger partial charge in [0.25, 0.3) is 5.91 Å². The summed E-state index contributed by atoms with van der Waals surface area (Å²) in [5.74, 6) is 1.02. The summed E-state index contributed by atoms with van der Waals surface area (Å²) in [4.78, 5) is 12.4. The number of carbonyl (C=O) groups excluding carboxylic acids is 1. The van der Waals surface area contributed by atoms with Crippen LogP contribution in [0.3, 0.4) is 0 Å². The summed E-state index contributed by atoms with van der Waals surface area (Å²) < 4.78 is 1.90. The molecule has 5 heteroatoms. The number of rotatable bonds is 3. The smallest absolute Gasteiger partial charge is 0.252 e. The Morgan fingerprint density at radius 2 is 2.16 bits per heavy atom. The van der Waals surface area contributed by atoms with E-state index in [4.69, 9.17) is 11.6 Å². The highest BCUT2D eigenvalue weighted by molar-refractivity contribution is 14.1. The molecule has 1 N–H and O–H groups in total. The zero-order valence-electron chi connectivity index (χ0n) is 10.5. The molecule has 0 heterocycles. The largest absolute Gasteiger partial charge is 0.349 e. The van der Waals surface area contributed by atoms with Crippen molar-refractivity contribution in [1.29, 1.82) is 0 Å². The minimum atomic E-state index is -0.00703. The van der Waals surface area contributed by atoms with Gasteiger partial charge in [-0.3, -0.25) is 4.79 Å². The van der Waals surface area contributed by atoms with E-state index in [9.17, 15) is 4.79 Å². The van der Waals surface area contributed by atoms with Gasteiger partial charge in [0, 0.05) is 20.0 Å². The van der Waals surface area contributed by atoms with Crippen LogP contribution in [0.15, 0.2) is 22.7 Å². The molecule has 1 fully saturated rings. The number of carbonyl (C=O) groups is 1. The number of amides is 1. The maximum atomic E-state index is 12.4. The zero-order chi connectivity index (χ0) is 13.8. The Morgan fingerprint density at radius 1 is 1.42 bits per heavy atom. The van der Waals surface area contributed by atoms with Crippen LogP contribution in [-0.2, 0) is 0 Å². The number of nitrogens with one attached hydrogen (secondary N) is 1. The molecule has 0 aliphatic heterocycles. The highest BCUT2D eigenvalue weighted by Gasteiger charge is 2.26. The predicted octanol–water partition coefficient (Wildman–Crippen LogP) is 4.58. The maximum Gasteiger partial charge on any atom is 0.252 e. The molecule has 1 aromatic carbocycles. The maximum absolute atomic E-state index is 12.4. The fourth-order valence-corrected chi connectivity index (χ4v) is 3.79. The summed E-state index contributed by atoms with van der Waals surface area (Å²) >= 11 is 11.7. The summed E-state index contributed by atoms with van der Waals surface area (Å²) in [6, 6.07) is 6.00. The van der Waals surface area contributed by atoms with E-state index in [2.05, 4.69) is 43.8 Å². The number of benzene rings is 1. The normalized spacial score (nSPS) is 23.1. The van der Waals surface area contributed by atoms with Crippen LogP contribution >= 0.6 is 50.1 Å². The third-order valence-corrected chi connectivity index (χ3v) is 5.36. The van der Waals surface area contributed by atoms with Crippen LogP contribution in [0.1, 0.15) is 36.0 Å². The van der Waals surface area contributed by atoms with E-state index in [1.807, 2.05) is 18.2 Å². The van der Waals surface area contributed by atoms with Crippen LogP contribution in [0.25, 0.3) is 0 Å². The van der Waals surface area contributed by atoms with Gasteiger partial charge in [-0.25, -0.2) is 0 Å². The Bertz CT molecular complexity index is 469. The number of hydrogen-bond donors (Lipinski definition) is 1. The molecule has 0 bridgehead atoms. The van der Waals surface area contributed by atoms with E-state index < -0.39 is 0 Å². The zero-order valence-corrected chi connectivity index (χ0v) is 15.0. The van der Waals surface area contributed by atoms with E-state index in [1.54, 1.807) is 0 Å².